The van der Waals surface area contributed by atoms with Crippen molar-refractivity contribution in [2.45, 2.75) is 77.5 Å². The second-order valence-electron chi connectivity index (χ2n) is 5.06. The van der Waals surface area contributed by atoms with Crippen LogP contribution in [0.1, 0.15) is 59.3 Å². The SMILES string of the molecule is CCN(C(C)CC(C)O)C1CCCCC1. The first kappa shape index (κ1) is 13.0. The number of hydrogen-bond donors (Lipinski definition) is 1. The molecule has 1 aliphatic carbocycles. The van der Waals surface area contributed by atoms with Gasteiger partial charge in [0.2, 0.25) is 0 Å². The molecule has 90 valence electrons. The fourth-order valence-electron chi connectivity index (χ4n) is 2.97. The van der Waals surface area contributed by atoms with E-state index in [2.05, 4.69) is 18.7 Å². The Kier molecular flexibility index (Phi) is 5.62. The molecule has 0 aliphatic heterocycles. The minimum absolute atomic E-state index is 0.169. The van der Waals surface area contributed by atoms with E-state index < -0.39 is 0 Å². The smallest absolute Gasteiger partial charge is 0.0526 e. The lowest BCUT2D eigenvalue weighted by molar-refractivity contribution is 0.0780. The Balaban J connectivity index is 2.45. The Labute approximate surface area is 94.7 Å². The van der Waals surface area contributed by atoms with Gasteiger partial charge in [0.15, 0.2) is 0 Å². The van der Waals surface area contributed by atoms with Crippen molar-refractivity contribution < 1.29 is 5.11 Å². The summed E-state index contributed by atoms with van der Waals surface area (Å²) in [5.41, 5.74) is 0. The Morgan fingerprint density at radius 1 is 1.20 bits per heavy atom. The molecule has 1 rings (SSSR count). The highest BCUT2D eigenvalue weighted by Crippen LogP contribution is 2.25. The summed E-state index contributed by atoms with van der Waals surface area (Å²) in [5.74, 6) is 0. The van der Waals surface area contributed by atoms with Crippen LogP contribution in [0.4, 0.5) is 0 Å². The van der Waals surface area contributed by atoms with Crippen LogP contribution in [-0.4, -0.2) is 34.7 Å². The molecule has 0 amide bonds. The van der Waals surface area contributed by atoms with Gasteiger partial charge < -0.3 is 5.11 Å². The third-order valence-electron chi connectivity index (χ3n) is 3.66. The van der Waals surface area contributed by atoms with E-state index in [1.807, 2.05) is 6.92 Å². The maximum atomic E-state index is 9.44. The normalized spacial score (nSPS) is 23.0. The molecule has 1 aliphatic rings. The largest absolute Gasteiger partial charge is 0.393 e. The van der Waals surface area contributed by atoms with Crippen LogP contribution in [0.3, 0.4) is 0 Å². The molecule has 0 aromatic carbocycles. The van der Waals surface area contributed by atoms with Crippen LogP contribution in [0.2, 0.25) is 0 Å². The van der Waals surface area contributed by atoms with Crippen molar-refractivity contribution in [3.8, 4) is 0 Å². The number of rotatable bonds is 5. The maximum Gasteiger partial charge on any atom is 0.0526 e. The van der Waals surface area contributed by atoms with E-state index in [4.69, 9.17) is 0 Å². The first-order valence-electron chi connectivity index (χ1n) is 6.59. The lowest BCUT2D eigenvalue weighted by atomic mass is 9.92. The van der Waals surface area contributed by atoms with Crippen molar-refractivity contribution in [3.63, 3.8) is 0 Å². The molecular formula is C13H27NO. The van der Waals surface area contributed by atoms with E-state index in [0.717, 1.165) is 19.0 Å². The van der Waals surface area contributed by atoms with Gasteiger partial charge in [-0.3, -0.25) is 4.90 Å². The van der Waals surface area contributed by atoms with Crippen LogP contribution in [0.5, 0.6) is 0 Å². The van der Waals surface area contributed by atoms with E-state index in [-0.39, 0.29) is 6.10 Å². The zero-order valence-electron chi connectivity index (χ0n) is 10.6. The summed E-state index contributed by atoms with van der Waals surface area (Å²) in [7, 11) is 0. The standard InChI is InChI=1S/C13H27NO/c1-4-14(11(2)10-12(3)15)13-8-6-5-7-9-13/h11-13,15H,4-10H2,1-3H3. The molecule has 2 unspecified atom stereocenters. The van der Waals surface area contributed by atoms with Gasteiger partial charge in [0.25, 0.3) is 0 Å². The van der Waals surface area contributed by atoms with E-state index in [9.17, 15) is 5.11 Å². The van der Waals surface area contributed by atoms with Gasteiger partial charge in [0, 0.05) is 12.1 Å². The van der Waals surface area contributed by atoms with E-state index in [1.54, 1.807) is 0 Å². The Hall–Kier alpha value is -0.0800. The second kappa shape index (κ2) is 6.49. The van der Waals surface area contributed by atoms with Gasteiger partial charge >= 0.3 is 0 Å². The zero-order valence-corrected chi connectivity index (χ0v) is 10.6. The maximum absolute atomic E-state index is 9.44. The molecule has 0 spiro atoms. The average Bonchev–Trinajstić information content (AvgIpc) is 2.19. The van der Waals surface area contributed by atoms with Crippen LogP contribution in [-0.2, 0) is 0 Å². The monoisotopic (exact) mass is 213 g/mol. The van der Waals surface area contributed by atoms with Gasteiger partial charge in [-0.1, -0.05) is 26.2 Å². The van der Waals surface area contributed by atoms with Crippen molar-refractivity contribution in [1.29, 1.82) is 0 Å². The van der Waals surface area contributed by atoms with Crippen molar-refractivity contribution in [2.75, 3.05) is 6.54 Å². The number of aliphatic hydroxyl groups is 1. The Morgan fingerprint density at radius 2 is 1.80 bits per heavy atom. The summed E-state index contributed by atoms with van der Waals surface area (Å²) in [6.45, 7) is 7.52. The molecule has 2 nitrogen and oxygen atoms in total. The summed E-state index contributed by atoms with van der Waals surface area (Å²) in [5, 5.41) is 9.44. The highest BCUT2D eigenvalue weighted by molar-refractivity contribution is 4.79. The highest BCUT2D eigenvalue weighted by atomic mass is 16.3. The quantitative estimate of drug-likeness (QED) is 0.759. The minimum Gasteiger partial charge on any atom is -0.393 e. The topological polar surface area (TPSA) is 23.5 Å². The zero-order chi connectivity index (χ0) is 11.3. The van der Waals surface area contributed by atoms with Crippen molar-refractivity contribution in [2.24, 2.45) is 0 Å². The minimum atomic E-state index is -0.169. The molecule has 2 atom stereocenters. The molecule has 0 aromatic rings. The fraction of sp³-hybridized carbons (Fsp3) is 1.00. The molecule has 15 heavy (non-hydrogen) atoms. The van der Waals surface area contributed by atoms with Crippen LogP contribution >= 0.6 is 0 Å². The molecule has 0 aromatic heterocycles. The van der Waals surface area contributed by atoms with Gasteiger partial charge in [0.05, 0.1) is 6.10 Å². The average molecular weight is 213 g/mol. The lowest BCUT2D eigenvalue weighted by Crippen LogP contribution is -2.43. The van der Waals surface area contributed by atoms with Gasteiger partial charge in [0.1, 0.15) is 0 Å². The van der Waals surface area contributed by atoms with Crippen LogP contribution in [0, 0.1) is 0 Å². The molecular weight excluding hydrogens is 186 g/mol. The van der Waals surface area contributed by atoms with E-state index >= 15 is 0 Å². The first-order chi connectivity index (χ1) is 7.15. The van der Waals surface area contributed by atoms with Crippen LogP contribution in [0.15, 0.2) is 0 Å². The number of aliphatic hydroxyl groups excluding tert-OH is 1. The predicted octanol–water partition coefficient (Wildman–Crippen LogP) is 2.80. The molecule has 0 radical (unpaired) electrons. The van der Waals surface area contributed by atoms with Gasteiger partial charge in [-0.05, 0) is 39.7 Å². The molecule has 0 saturated heterocycles. The summed E-state index contributed by atoms with van der Waals surface area (Å²) < 4.78 is 0. The van der Waals surface area contributed by atoms with Crippen molar-refractivity contribution in [1.82, 2.24) is 4.90 Å². The highest BCUT2D eigenvalue weighted by Gasteiger charge is 2.24. The van der Waals surface area contributed by atoms with Crippen molar-refractivity contribution >= 4 is 0 Å². The Morgan fingerprint density at radius 3 is 2.27 bits per heavy atom. The molecule has 0 heterocycles. The van der Waals surface area contributed by atoms with Crippen molar-refractivity contribution in [3.05, 3.63) is 0 Å². The van der Waals surface area contributed by atoms with E-state index in [0.29, 0.717) is 6.04 Å². The summed E-state index contributed by atoms with van der Waals surface area (Å²) >= 11 is 0. The van der Waals surface area contributed by atoms with Gasteiger partial charge in [-0.25, -0.2) is 0 Å². The number of nitrogens with zero attached hydrogens (tertiary/aromatic N) is 1. The fourth-order valence-corrected chi connectivity index (χ4v) is 2.97. The van der Waals surface area contributed by atoms with Gasteiger partial charge in [-0.15, -0.1) is 0 Å². The molecule has 0 bridgehead atoms. The third-order valence-corrected chi connectivity index (χ3v) is 3.66. The predicted molar refractivity (Wildman–Crippen MR) is 65.0 cm³/mol. The molecule has 1 fully saturated rings. The molecule has 1 saturated carbocycles. The molecule has 1 N–H and O–H groups in total. The first-order valence-corrected chi connectivity index (χ1v) is 6.59. The summed E-state index contributed by atoms with van der Waals surface area (Å²) in [6, 6.07) is 1.30. The van der Waals surface area contributed by atoms with E-state index in [1.165, 1.54) is 32.1 Å². The molecule has 2 heteroatoms. The summed E-state index contributed by atoms with van der Waals surface area (Å²) in [6.07, 6.45) is 7.65. The van der Waals surface area contributed by atoms with Crippen LogP contribution < -0.4 is 0 Å². The third kappa shape index (κ3) is 4.12. The number of hydrogen-bond acceptors (Lipinski definition) is 2. The Bertz CT molecular complexity index is 164. The lowest BCUT2D eigenvalue weighted by Gasteiger charge is -2.38. The van der Waals surface area contributed by atoms with Crippen LogP contribution in [0.25, 0.3) is 0 Å². The second-order valence-corrected chi connectivity index (χ2v) is 5.06. The summed E-state index contributed by atoms with van der Waals surface area (Å²) in [4.78, 5) is 2.59. The van der Waals surface area contributed by atoms with Gasteiger partial charge in [-0.2, -0.15) is 0 Å².